The minimum absolute atomic E-state index is 0.104. The third-order valence-electron chi connectivity index (χ3n) is 12.7. The van der Waals surface area contributed by atoms with Crippen molar-refractivity contribution in [3.8, 4) is 56.4 Å². The normalized spacial score (nSPS) is 12.7. The number of anilines is 3. The number of rotatable bonds is 7. The molecule has 298 valence electrons. The molecule has 0 saturated carbocycles. The zero-order chi connectivity index (χ0) is 42.1. The van der Waals surface area contributed by atoms with Crippen LogP contribution in [0.2, 0.25) is 0 Å². The predicted molar refractivity (Wildman–Crippen MR) is 259 cm³/mol. The lowest BCUT2D eigenvalue weighted by atomic mass is 9.82. The summed E-state index contributed by atoms with van der Waals surface area (Å²) in [5.74, 6) is 1.84. The molecule has 0 amide bonds. The molecule has 1 aliphatic rings. The van der Waals surface area contributed by atoms with Crippen LogP contribution in [-0.2, 0) is 5.41 Å². The molecule has 0 bridgehead atoms. The van der Waals surface area contributed by atoms with Gasteiger partial charge in [0, 0.05) is 49.9 Å². The molecule has 9 aromatic carbocycles. The molecule has 0 fully saturated rings. The van der Waals surface area contributed by atoms with E-state index in [9.17, 15) is 0 Å². The zero-order valence-corrected chi connectivity index (χ0v) is 34.8. The Kier molecular flexibility index (Phi) is 8.44. The molecule has 5 nitrogen and oxygen atoms in total. The van der Waals surface area contributed by atoms with E-state index in [1.54, 1.807) is 0 Å². The maximum absolute atomic E-state index is 6.79. The summed E-state index contributed by atoms with van der Waals surface area (Å²) < 4.78 is 6.79. The first-order chi connectivity index (χ1) is 31.0. The van der Waals surface area contributed by atoms with E-state index >= 15 is 0 Å². The minimum Gasteiger partial charge on any atom is -0.456 e. The SMILES string of the molecule is CC1(C)c2ccccc2-c2ccc(N(c3ccccc3)c3ccc(-c4cc5oc6cccc(-c7nc(-c8ccccc8)nc(-c8ccccc8)n7)c6c5c5ccccc45)cc3)cc21. The fraction of sp³-hybridized carbons (Fsp3) is 0.0517. The summed E-state index contributed by atoms with van der Waals surface area (Å²) >= 11 is 0. The lowest BCUT2D eigenvalue weighted by molar-refractivity contribution is 0.660. The molecule has 0 unspecified atom stereocenters. The van der Waals surface area contributed by atoms with E-state index in [1.165, 1.54) is 22.3 Å². The maximum Gasteiger partial charge on any atom is 0.164 e. The highest BCUT2D eigenvalue weighted by molar-refractivity contribution is 6.25. The van der Waals surface area contributed by atoms with Crippen molar-refractivity contribution < 1.29 is 4.42 Å². The van der Waals surface area contributed by atoms with Crippen molar-refractivity contribution >= 4 is 49.8 Å². The number of hydrogen-bond acceptors (Lipinski definition) is 5. The Morgan fingerprint density at radius 3 is 1.63 bits per heavy atom. The third-order valence-corrected chi connectivity index (χ3v) is 12.7. The van der Waals surface area contributed by atoms with Crippen molar-refractivity contribution in [3.05, 3.63) is 217 Å². The topological polar surface area (TPSA) is 55.1 Å². The van der Waals surface area contributed by atoms with Crippen LogP contribution in [0.5, 0.6) is 0 Å². The van der Waals surface area contributed by atoms with Gasteiger partial charge in [-0.15, -0.1) is 0 Å². The van der Waals surface area contributed by atoms with E-state index < -0.39 is 0 Å². The number of aromatic nitrogens is 3. The van der Waals surface area contributed by atoms with Gasteiger partial charge in [0.1, 0.15) is 11.2 Å². The summed E-state index contributed by atoms with van der Waals surface area (Å²) in [5.41, 5.74) is 15.1. The van der Waals surface area contributed by atoms with Crippen LogP contribution in [0.4, 0.5) is 17.1 Å². The number of benzene rings is 9. The average molecular weight is 809 g/mol. The molecule has 0 aliphatic heterocycles. The van der Waals surface area contributed by atoms with Crippen molar-refractivity contribution in [3.63, 3.8) is 0 Å². The molecule has 0 radical (unpaired) electrons. The second kappa shape index (κ2) is 14.5. The van der Waals surface area contributed by atoms with Gasteiger partial charge in [0.05, 0.1) is 0 Å². The molecule has 2 aromatic heterocycles. The standard InChI is InChI=1S/C58H40N4O/c1-58(2)49-27-15-14-24-44(49)45-34-33-42(35-50(45)58)62(40-21-10-5-11-22-40)41-31-29-37(30-32-41)48-36-52-53(46-25-13-12-23-43(46)48)54-47(26-16-28-51(54)63-52)57-60-55(38-17-6-3-7-18-38)59-56(61-57)39-19-8-4-9-20-39/h3-36H,1-2H3. The van der Waals surface area contributed by atoms with Crippen LogP contribution in [0.15, 0.2) is 211 Å². The fourth-order valence-corrected chi connectivity index (χ4v) is 9.68. The van der Waals surface area contributed by atoms with Crippen LogP contribution in [0.25, 0.3) is 89.1 Å². The number of para-hydroxylation sites is 1. The quantitative estimate of drug-likeness (QED) is 0.160. The van der Waals surface area contributed by atoms with E-state index in [0.717, 1.165) is 77.6 Å². The Morgan fingerprint density at radius 2 is 0.921 bits per heavy atom. The van der Waals surface area contributed by atoms with Crippen LogP contribution < -0.4 is 4.90 Å². The molecule has 5 heteroatoms. The van der Waals surface area contributed by atoms with Crippen molar-refractivity contribution in [2.75, 3.05) is 4.90 Å². The highest BCUT2D eigenvalue weighted by Gasteiger charge is 2.35. The number of fused-ring (bicyclic) bond motifs is 8. The van der Waals surface area contributed by atoms with E-state index in [1.807, 2.05) is 72.8 Å². The van der Waals surface area contributed by atoms with Gasteiger partial charge in [-0.3, -0.25) is 0 Å². The molecular formula is C58H40N4O. The van der Waals surface area contributed by atoms with Gasteiger partial charge >= 0.3 is 0 Å². The van der Waals surface area contributed by atoms with Gasteiger partial charge in [0.2, 0.25) is 0 Å². The van der Waals surface area contributed by atoms with Crippen LogP contribution in [-0.4, -0.2) is 15.0 Å². The first kappa shape index (κ1) is 36.7. The minimum atomic E-state index is -0.104. The maximum atomic E-state index is 6.79. The highest BCUT2D eigenvalue weighted by Crippen LogP contribution is 2.51. The summed E-state index contributed by atoms with van der Waals surface area (Å²) in [7, 11) is 0. The largest absolute Gasteiger partial charge is 0.456 e. The molecule has 11 aromatic rings. The molecule has 0 atom stereocenters. The molecule has 63 heavy (non-hydrogen) atoms. The molecule has 1 aliphatic carbocycles. The van der Waals surface area contributed by atoms with Crippen LogP contribution in [0, 0.1) is 0 Å². The van der Waals surface area contributed by atoms with Crippen molar-refractivity contribution in [1.29, 1.82) is 0 Å². The number of nitrogens with zero attached hydrogens (tertiary/aromatic N) is 4. The van der Waals surface area contributed by atoms with Crippen molar-refractivity contribution in [2.45, 2.75) is 19.3 Å². The highest BCUT2D eigenvalue weighted by atomic mass is 16.3. The molecule has 0 N–H and O–H groups in total. The molecule has 2 heterocycles. The molecule has 12 rings (SSSR count). The first-order valence-electron chi connectivity index (χ1n) is 21.4. The van der Waals surface area contributed by atoms with Crippen molar-refractivity contribution in [1.82, 2.24) is 15.0 Å². The van der Waals surface area contributed by atoms with Gasteiger partial charge in [0.25, 0.3) is 0 Å². The monoisotopic (exact) mass is 808 g/mol. The lowest BCUT2D eigenvalue weighted by Gasteiger charge is -2.28. The van der Waals surface area contributed by atoms with Gasteiger partial charge in [-0.1, -0.05) is 172 Å². The summed E-state index contributed by atoms with van der Waals surface area (Å²) in [6.07, 6.45) is 0. The average Bonchev–Trinajstić information content (AvgIpc) is 3.84. The Morgan fingerprint density at radius 1 is 0.365 bits per heavy atom. The van der Waals surface area contributed by atoms with Crippen LogP contribution in [0.3, 0.4) is 0 Å². The van der Waals surface area contributed by atoms with Gasteiger partial charge < -0.3 is 9.32 Å². The first-order valence-corrected chi connectivity index (χ1v) is 21.4. The van der Waals surface area contributed by atoms with Gasteiger partial charge in [0.15, 0.2) is 17.5 Å². The number of hydrogen-bond donors (Lipinski definition) is 0. The summed E-state index contributed by atoms with van der Waals surface area (Å²) in [4.78, 5) is 17.5. The summed E-state index contributed by atoms with van der Waals surface area (Å²) in [6.45, 7) is 4.67. The lowest BCUT2D eigenvalue weighted by Crippen LogP contribution is -2.16. The molecule has 0 spiro atoms. The van der Waals surface area contributed by atoms with E-state index in [0.29, 0.717) is 17.5 Å². The van der Waals surface area contributed by atoms with E-state index in [4.69, 9.17) is 19.4 Å². The Balaban J connectivity index is 0.987. The zero-order valence-electron chi connectivity index (χ0n) is 34.8. The third kappa shape index (κ3) is 6.04. The molecular weight excluding hydrogens is 769 g/mol. The molecule has 0 saturated heterocycles. The Bertz CT molecular complexity index is 3470. The summed E-state index contributed by atoms with van der Waals surface area (Å²) in [5, 5.41) is 4.26. The van der Waals surface area contributed by atoms with Gasteiger partial charge in [-0.2, -0.15) is 0 Å². The predicted octanol–water partition coefficient (Wildman–Crippen LogP) is 15.4. The second-order valence-electron chi connectivity index (χ2n) is 16.8. The smallest absolute Gasteiger partial charge is 0.164 e. The van der Waals surface area contributed by atoms with Gasteiger partial charge in [-0.05, 0) is 92.7 Å². The summed E-state index contributed by atoms with van der Waals surface area (Å²) in [6, 6.07) is 72.5. The Labute approximate surface area is 365 Å². The fourth-order valence-electron chi connectivity index (χ4n) is 9.68. The van der Waals surface area contributed by atoms with Crippen LogP contribution >= 0.6 is 0 Å². The van der Waals surface area contributed by atoms with E-state index in [-0.39, 0.29) is 5.41 Å². The van der Waals surface area contributed by atoms with Crippen LogP contribution in [0.1, 0.15) is 25.0 Å². The number of furan rings is 1. The Hall–Kier alpha value is -8.15. The second-order valence-corrected chi connectivity index (χ2v) is 16.8. The van der Waals surface area contributed by atoms with E-state index in [2.05, 4.69) is 152 Å². The van der Waals surface area contributed by atoms with Gasteiger partial charge in [-0.25, -0.2) is 15.0 Å². The van der Waals surface area contributed by atoms with Crippen molar-refractivity contribution in [2.24, 2.45) is 0 Å².